The normalized spacial score (nSPS) is 19.2. The number of thiophene rings is 1. The number of hydrogen-bond acceptors (Lipinski definition) is 3. The predicted molar refractivity (Wildman–Crippen MR) is 72.7 cm³/mol. The molecule has 1 aliphatic heterocycles. The second kappa shape index (κ2) is 5.84. The number of carboxylic acids is 1. The summed E-state index contributed by atoms with van der Waals surface area (Å²) in [6.07, 6.45) is 1.76. The van der Waals surface area contributed by atoms with Crippen LogP contribution in [0.25, 0.3) is 0 Å². The summed E-state index contributed by atoms with van der Waals surface area (Å²) in [5.41, 5.74) is 0. The number of carbonyl (C=O) groups is 2. The summed E-state index contributed by atoms with van der Waals surface area (Å²) in [7, 11) is 0. The third kappa shape index (κ3) is 3.32. The monoisotopic (exact) mass is 331 g/mol. The molecule has 1 N–H and O–H groups in total. The molecule has 0 aromatic carbocycles. The molecule has 98 valence electrons. The maximum absolute atomic E-state index is 11.9. The van der Waals surface area contributed by atoms with Crippen molar-refractivity contribution in [1.82, 2.24) is 4.90 Å². The van der Waals surface area contributed by atoms with Gasteiger partial charge in [-0.3, -0.25) is 9.59 Å². The van der Waals surface area contributed by atoms with Crippen LogP contribution in [0.2, 0.25) is 0 Å². The SMILES string of the molecule is O=C(O)[C@@H]1CCN(C(=O)CCc2cc(Br)cs2)C1. The van der Waals surface area contributed by atoms with Gasteiger partial charge in [0.05, 0.1) is 5.92 Å². The molecule has 0 saturated carbocycles. The van der Waals surface area contributed by atoms with Crippen LogP contribution in [-0.2, 0) is 16.0 Å². The molecule has 2 heterocycles. The lowest BCUT2D eigenvalue weighted by molar-refractivity contribution is -0.141. The number of aliphatic carboxylic acids is 1. The third-order valence-electron chi connectivity index (χ3n) is 3.10. The predicted octanol–water partition coefficient (Wildman–Crippen LogP) is 2.38. The molecule has 0 bridgehead atoms. The largest absolute Gasteiger partial charge is 0.481 e. The van der Waals surface area contributed by atoms with Gasteiger partial charge in [0.2, 0.25) is 5.91 Å². The number of carboxylic acid groups (broad SMARTS) is 1. The highest BCUT2D eigenvalue weighted by molar-refractivity contribution is 9.10. The van der Waals surface area contributed by atoms with E-state index in [2.05, 4.69) is 15.9 Å². The molecule has 0 spiro atoms. The number of hydrogen-bond donors (Lipinski definition) is 1. The Balaban J connectivity index is 1.80. The van der Waals surface area contributed by atoms with E-state index in [1.165, 1.54) is 4.88 Å². The summed E-state index contributed by atoms with van der Waals surface area (Å²) in [5, 5.41) is 10.9. The first-order valence-corrected chi connectivity index (χ1v) is 7.47. The van der Waals surface area contributed by atoms with Gasteiger partial charge in [0.1, 0.15) is 0 Å². The van der Waals surface area contributed by atoms with Gasteiger partial charge in [-0.2, -0.15) is 0 Å². The highest BCUT2D eigenvalue weighted by atomic mass is 79.9. The van der Waals surface area contributed by atoms with Gasteiger partial charge in [-0.15, -0.1) is 11.3 Å². The molecule has 2 rings (SSSR count). The van der Waals surface area contributed by atoms with Crippen LogP contribution in [-0.4, -0.2) is 35.0 Å². The van der Waals surface area contributed by atoms with Gasteiger partial charge in [-0.05, 0) is 34.8 Å². The minimum Gasteiger partial charge on any atom is -0.481 e. The molecule has 1 fully saturated rings. The molecule has 0 radical (unpaired) electrons. The van der Waals surface area contributed by atoms with E-state index in [1.807, 2.05) is 11.4 Å². The molecule has 1 aromatic rings. The van der Waals surface area contributed by atoms with E-state index in [1.54, 1.807) is 16.2 Å². The standard InChI is InChI=1S/C12H14BrNO3S/c13-9-5-10(18-7-9)1-2-11(15)14-4-3-8(6-14)12(16)17/h5,7-8H,1-4,6H2,(H,16,17)/t8-/m1/s1. The second-order valence-corrected chi connectivity index (χ2v) is 6.31. The lowest BCUT2D eigenvalue weighted by Gasteiger charge is -2.15. The van der Waals surface area contributed by atoms with Crippen molar-refractivity contribution in [3.8, 4) is 0 Å². The average Bonchev–Trinajstić information content (AvgIpc) is 2.94. The van der Waals surface area contributed by atoms with Gasteiger partial charge in [0.15, 0.2) is 0 Å². The van der Waals surface area contributed by atoms with Crippen molar-refractivity contribution >= 4 is 39.1 Å². The van der Waals surface area contributed by atoms with Crippen LogP contribution in [0.15, 0.2) is 15.9 Å². The number of amides is 1. The van der Waals surface area contributed by atoms with Gasteiger partial charge in [0, 0.05) is 34.2 Å². The number of rotatable bonds is 4. The minimum absolute atomic E-state index is 0.0586. The zero-order valence-corrected chi connectivity index (χ0v) is 12.2. The van der Waals surface area contributed by atoms with E-state index in [0.29, 0.717) is 25.9 Å². The number of carbonyl (C=O) groups excluding carboxylic acids is 1. The lowest BCUT2D eigenvalue weighted by Crippen LogP contribution is -2.30. The Morgan fingerprint density at radius 2 is 2.33 bits per heavy atom. The summed E-state index contributed by atoms with van der Waals surface area (Å²) in [6.45, 7) is 0.937. The van der Waals surface area contributed by atoms with Gasteiger partial charge >= 0.3 is 5.97 Å². The summed E-state index contributed by atoms with van der Waals surface area (Å²) >= 11 is 5.01. The molecular weight excluding hydrogens is 318 g/mol. The van der Waals surface area contributed by atoms with Crippen molar-refractivity contribution in [3.63, 3.8) is 0 Å². The van der Waals surface area contributed by atoms with Crippen LogP contribution in [0.1, 0.15) is 17.7 Å². The summed E-state index contributed by atoms with van der Waals surface area (Å²) in [6, 6.07) is 2.02. The Bertz CT molecular complexity index is 460. The maximum atomic E-state index is 11.9. The van der Waals surface area contributed by atoms with E-state index < -0.39 is 5.97 Å². The van der Waals surface area contributed by atoms with Gasteiger partial charge in [-0.1, -0.05) is 0 Å². The summed E-state index contributed by atoms with van der Waals surface area (Å²) in [5.74, 6) is -1.12. The molecule has 4 nitrogen and oxygen atoms in total. The van der Waals surface area contributed by atoms with E-state index in [9.17, 15) is 9.59 Å². The van der Waals surface area contributed by atoms with Crippen LogP contribution >= 0.6 is 27.3 Å². The Labute approximate surface area is 118 Å². The molecule has 6 heteroatoms. The average molecular weight is 332 g/mol. The van der Waals surface area contributed by atoms with Crippen LogP contribution < -0.4 is 0 Å². The molecule has 1 atom stereocenters. The first-order chi connectivity index (χ1) is 8.56. The molecule has 0 unspecified atom stereocenters. The molecule has 0 aliphatic carbocycles. The van der Waals surface area contributed by atoms with Crippen molar-refractivity contribution in [2.75, 3.05) is 13.1 Å². The van der Waals surface area contributed by atoms with E-state index in [0.717, 1.165) is 10.9 Å². The number of halogens is 1. The highest BCUT2D eigenvalue weighted by Gasteiger charge is 2.30. The van der Waals surface area contributed by atoms with E-state index in [-0.39, 0.29) is 11.8 Å². The quantitative estimate of drug-likeness (QED) is 0.921. The summed E-state index contributed by atoms with van der Waals surface area (Å²) < 4.78 is 1.04. The zero-order chi connectivity index (χ0) is 13.1. The Kier molecular flexibility index (Phi) is 4.40. The van der Waals surface area contributed by atoms with Crippen molar-refractivity contribution in [2.24, 2.45) is 5.92 Å². The van der Waals surface area contributed by atoms with Gasteiger partial charge in [-0.25, -0.2) is 0 Å². The van der Waals surface area contributed by atoms with Crippen LogP contribution in [0, 0.1) is 5.92 Å². The highest BCUT2D eigenvalue weighted by Crippen LogP contribution is 2.22. The van der Waals surface area contributed by atoms with E-state index in [4.69, 9.17) is 5.11 Å². The Morgan fingerprint density at radius 3 is 2.89 bits per heavy atom. The smallest absolute Gasteiger partial charge is 0.308 e. The second-order valence-electron chi connectivity index (χ2n) is 4.39. The fraction of sp³-hybridized carbons (Fsp3) is 0.500. The van der Waals surface area contributed by atoms with Crippen molar-refractivity contribution in [2.45, 2.75) is 19.3 Å². The lowest BCUT2D eigenvalue weighted by atomic mass is 10.1. The number of likely N-dealkylation sites (tertiary alicyclic amines) is 1. The maximum Gasteiger partial charge on any atom is 0.308 e. The number of aryl methyl sites for hydroxylation is 1. The van der Waals surface area contributed by atoms with Crippen LogP contribution in [0.3, 0.4) is 0 Å². The minimum atomic E-state index is -0.799. The molecule has 1 saturated heterocycles. The molecule has 1 aliphatic rings. The molecular formula is C12H14BrNO3S. The fourth-order valence-electron chi connectivity index (χ4n) is 2.06. The molecule has 1 amide bonds. The van der Waals surface area contributed by atoms with Crippen LogP contribution in [0.4, 0.5) is 0 Å². The first kappa shape index (κ1) is 13.5. The topological polar surface area (TPSA) is 57.6 Å². The van der Waals surface area contributed by atoms with Crippen molar-refractivity contribution in [3.05, 3.63) is 20.8 Å². The van der Waals surface area contributed by atoms with Gasteiger partial charge < -0.3 is 10.0 Å². The van der Waals surface area contributed by atoms with Crippen molar-refractivity contribution < 1.29 is 14.7 Å². The fourth-order valence-corrected chi connectivity index (χ4v) is 3.52. The van der Waals surface area contributed by atoms with E-state index >= 15 is 0 Å². The molecule has 18 heavy (non-hydrogen) atoms. The Hall–Kier alpha value is -0.880. The third-order valence-corrected chi connectivity index (χ3v) is 4.85. The van der Waals surface area contributed by atoms with Crippen LogP contribution in [0.5, 0.6) is 0 Å². The number of nitrogens with zero attached hydrogens (tertiary/aromatic N) is 1. The molecule has 1 aromatic heterocycles. The first-order valence-electron chi connectivity index (χ1n) is 5.80. The summed E-state index contributed by atoms with van der Waals surface area (Å²) in [4.78, 5) is 25.6. The Morgan fingerprint density at radius 1 is 1.56 bits per heavy atom. The zero-order valence-electron chi connectivity index (χ0n) is 9.76. The van der Waals surface area contributed by atoms with Gasteiger partial charge in [0.25, 0.3) is 0 Å². The van der Waals surface area contributed by atoms with Crippen molar-refractivity contribution in [1.29, 1.82) is 0 Å².